The van der Waals surface area contributed by atoms with E-state index in [1.165, 1.54) is 31.4 Å². The number of hydrogen-bond donors (Lipinski definition) is 1. The summed E-state index contributed by atoms with van der Waals surface area (Å²) in [6.07, 6.45) is 9.13. The topological polar surface area (TPSA) is 24.9 Å². The molecule has 0 saturated heterocycles. The van der Waals surface area contributed by atoms with Gasteiger partial charge in [-0.15, -0.1) is 0 Å². The molecule has 15 heavy (non-hydrogen) atoms. The fraction of sp³-hybridized carbons (Fsp3) is 0.615. The summed E-state index contributed by atoms with van der Waals surface area (Å²) < 4.78 is 0. The zero-order valence-electron chi connectivity index (χ0n) is 9.45. The van der Waals surface area contributed by atoms with Crippen LogP contribution in [0.15, 0.2) is 24.5 Å². The highest BCUT2D eigenvalue weighted by Crippen LogP contribution is 2.25. The van der Waals surface area contributed by atoms with Crippen molar-refractivity contribution in [1.82, 2.24) is 10.3 Å². The number of rotatable bonds is 5. The van der Waals surface area contributed by atoms with E-state index in [-0.39, 0.29) is 0 Å². The van der Waals surface area contributed by atoms with Gasteiger partial charge >= 0.3 is 0 Å². The quantitative estimate of drug-likeness (QED) is 0.796. The third-order valence-corrected chi connectivity index (χ3v) is 3.27. The van der Waals surface area contributed by atoms with Crippen molar-refractivity contribution < 1.29 is 0 Å². The molecule has 0 bridgehead atoms. The minimum absolute atomic E-state index is 0.577. The van der Waals surface area contributed by atoms with Crippen molar-refractivity contribution in [3.63, 3.8) is 0 Å². The monoisotopic (exact) mass is 204 g/mol. The van der Waals surface area contributed by atoms with Crippen LogP contribution in [0.3, 0.4) is 0 Å². The number of nitrogens with one attached hydrogen (secondary N) is 1. The molecule has 1 aromatic heterocycles. The highest BCUT2D eigenvalue weighted by atomic mass is 14.9. The van der Waals surface area contributed by atoms with Crippen molar-refractivity contribution in [3.05, 3.63) is 30.1 Å². The van der Waals surface area contributed by atoms with Gasteiger partial charge in [-0.2, -0.15) is 0 Å². The van der Waals surface area contributed by atoms with Crippen molar-refractivity contribution >= 4 is 0 Å². The second-order valence-electron chi connectivity index (χ2n) is 4.67. The van der Waals surface area contributed by atoms with Crippen molar-refractivity contribution in [2.24, 2.45) is 5.92 Å². The molecule has 2 rings (SSSR count). The summed E-state index contributed by atoms with van der Waals surface area (Å²) in [7, 11) is 0. The van der Waals surface area contributed by atoms with Crippen molar-refractivity contribution in [1.29, 1.82) is 0 Å². The molecule has 1 heterocycles. The van der Waals surface area contributed by atoms with Crippen molar-refractivity contribution in [3.8, 4) is 0 Å². The smallest absolute Gasteiger partial charge is 0.0270 e. The Hall–Kier alpha value is -0.890. The van der Waals surface area contributed by atoms with Gasteiger partial charge in [-0.05, 0) is 56.3 Å². The SMILES string of the molecule is CC(Cc1ccncc1)NCC1CCC1. The molecular weight excluding hydrogens is 184 g/mol. The van der Waals surface area contributed by atoms with E-state index >= 15 is 0 Å². The molecule has 2 heteroatoms. The van der Waals surface area contributed by atoms with Crippen molar-refractivity contribution in [2.45, 2.75) is 38.6 Å². The number of pyridine rings is 1. The fourth-order valence-corrected chi connectivity index (χ4v) is 2.01. The second-order valence-corrected chi connectivity index (χ2v) is 4.67. The van der Waals surface area contributed by atoms with Crippen LogP contribution in [0.5, 0.6) is 0 Å². The zero-order chi connectivity index (χ0) is 10.5. The molecule has 2 nitrogen and oxygen atoms in total. The van der Waals surface area contributed by atoms with E-state index in [4.69, 9.17) is 0 Å². The maximum Gasteiger partial charge on any atom is 0.0270 e. The number of hydrogen-bond acceptors (Lipinski definition) is 2. The van der Waals surface area contributed by atoms with Crippen molar-refractivity contribution in [2.75, 3.05) is 6.54 Å². The number of aromatic nitrogens is 1. The third kappa shape index (κ3) is 3.31. The van der Waals surface area contributed by atoms with Gasteiger partial charge in [-0.1, -0.05) is 6.42 Å². The average Bonchev–Trinajstić information content (AvgIpc) is 2.17. The van der Waals surface area contributed by atoms with E-state index in [0.717, 1.165) is 12.3 Å². The summed E-state index contributed by atoms with van der Waals surface area (Å²) in [5.41, 5.74) is 1.37. The predicted octanol–water partition coefficient (Wildman–Crippen LogP) is 2.40. The van der Waals surface area contributed by atoms with Gasteiger partial charge in [0.1, 0.15) is 0 Å². The molecule has 1 atom stereocenters. The molecule has 1 unspecified atom stereocenters. The molecule has 82 valence electrons. The fourth-order valence-electron chi connectivity index (χ4n) is 2.01. The first-order valence-corrected chi connectivity index (χ1v) is 5.97. The molecule has 0 radical (unpaired) electrons. The summed E-state index contributed by atoms with van der Waals surface area (Å²) in [5.74, 6) is 0.949. The van der Waals surface area contributed by atoms with E-state index < -0.39 is 0 Å². The molecule has 0 aliphatic heterocycles. The maximum absolute atomic E-state index is 4.03. The Morgan fingerprint density at radius 3 is 2.73 bits per heavy atom. The molecule has 1 N–H and O–H groups in total. The minimum atomic E-state index is 0.577. The lowest BCUT2D eigenvalue weighted by atomic mass is 9.85. The summed E-state index contributed by atoms with van der Waals surface area (Å²) in [4.78, 5) is 4.03. The van der Waals surface area contributed by atoms with E-state index in [9.17, 15) is 0 Å². The lowest BCUT2D eigenvalue weighted by Crippen LogP contribution is -2.34. The molecule has 1 fully saturated rings. The molecule has 1 aliphatic rings. The molecule has 1 aliphatic carbocycles. The lowest BCUT2D eigenvalue weighted by Gasteiger charge is -2.27. The standard InChI is InChI=1S/C13H20N2/c1-11(15-10-13-3-2-4-13)9-12-5-7-14-8-6-12/h5-8,11,13,15H,2-4,9-10H2,1H3. The Labute approximate surface area is 92.1 Å². The first-order valence-electron chi connectivity index (χ1n) is 5.97. The van der Waals surface area contributed by atoms with Gasteiger partial charge in [0.25, 0.3) is 0 Å². The molecule has 0 aromatic carbocycles. The van der Waals surface area contributed by atoms with Crippen LogP contribution in [0.2, 0.25) is 0 Å². The van der Waals surface area contributed by atoms with Crippen LogP contribution in [0.1, 0.15) is 31.7 Å². The molecule has 0 amide bonds. The van der Waals surface area contributed by atoms with Gasteiger partial charge < -0.3 is 5.32 Å². The largest absolute Gasteiger partial charge is 0.314 e. The maximum atomic E-state index is 4.03. The van der Waals surface area contributed by atoms with Crippen LogP contribution in [0, 0.1) is 5.92 Å². The first kappa shape index (κ1) is 10.6. The van der Waals surface area contributed by atoms with E-state index in [0.29, 0.717) is 6.04 Å². The van der Waals surface area contributed by atoms with Gasteiger partial charge in [0.05, 0.1) is 0 Å². The molecule has 1 aromatic rings. The number of nitrogens with zero attached hydrogens (tertiary/aromatic N) is 1. The first-order chi connectivity index (χ1) is 7.34. The van der Waals surface area contributed by atoms with Crippen LogP contribution >= 0.6 is 0 Å². The van der Waals surface area contributed by atoms with E-state index in [2.05, 4.69) is 29.4 Å². The van der Waals surface area contributed by atoms with Gasteiger partial charge in [0.2, 0.25) is 0 Å². The summed E-state index contributed by atoms with van der Waals surface area (Å²) in [6, 6.07) is 4.77. The van der Waals surface area contributed by atoms with Gasteiger partial charge in [0.15, 0.2) is 0 Å². The second kappa shape index (κ2) is 5.26. The Kier molecular flexibility index (Phi) is 3.73. The Morgan fingerprint density at radius 2 is 2.13 bits per heavy atom. The molecule has 1 saturated carbocycles. The lowest BCUT2D eigenvalue weighted by molar-refractivity contribution is 0.291. The molecular formula is C13H20N2. The molecule has 0 spiro atoms. The zero-order valence-corrected chi connectivity index (χ0v) is 9.45. The summed E-state index contributed by atoms with van der Waals surface area (Å²) >= 11 is 0. The average molecular weight is 204 g/mol. The predicted molar refractivity (Wildman–Crippen MR) is 62.7 cm³/mol. The van der Waals surface area contributed by atoms with Crippen LogP contribution in [0.25, 0.3) is 0 Å². The Morgan fingerprint density at radius 1 is 1.40 bits per heavy atom. The Bertz CT molecular complexity index is 280. The van der Waals surface area contributed by atoms with E-state index in [1.54, 1.807) is 0 Å². The Balaban J connectivity index is 1.69. The normalized spacial score (nSPS) is 18.5. The summed E-state index contributed by atoms with van der Waals surface area (Å²) in [6.45, 7) is 3.46. The van der Waals surface area contributed by atoms with Crippen LogP contribution < -0.4 is 5.32 Å². The van der Waals surface area contributed by atoms with Gasteiger partial charge in [0, 0.05) is 18.4 Å². The van der Waals surface area contributed by atoms with Crippen LogP contribution in [0.4, 0.5) is 0 Å². The van der Waals surface area contributed by atoms with Gasteiger partial charge in [-0.3, -0.25) is 4.98 Å². The minimum Gasteiger partial charge on any atom is -0.314 e. The highest BCUT2D eigenvalue weighted by Gasteiger charge is 2.17. The van der Waals surface area contributed by atoms with Crippen LogP contribution in [-0.2, 0) is 6.42 Å². The third-order valence-electron chi connectivity index (χ3n) is 3.27. The highest BCUT2D eigenvalue weighted by molar-refractivity contribution is 5.10. The summed E-state index contributed by atoms with van der Waals surface area (Å²) in [5, 5.41) is 3.61. The van der Waals surface area contributed by atoms with Gasteiger partial charge in [-0.25, -0.2) is 0 Å². The van der Waals surface area contributed by atoms with E-state index in [1.807, 2.05) is 12.4 Å². The van der Waals surface area contributed by atoms with Crippen LogP contribution in [-0.4, -0.2) is 17.6 Å².